The van der Waals surface area contributed by atoms with Gasteiger partial charge in [0.1, 0.15) is 11.5 Å². The second-order valence-corrected chi connectivity index (χ2v) is 12.3. The van der Waals surface area contributed by atoms with Crippen LogP contribution in [0.2, 0.25) is 0 Å². The van der Waals surface area contributed by atoms with Gasteiger partial charge in [-0.2, -0.15) is 0 Å². The van der Waals surface area contributed by atoms with Crippen molar-refractivity contribution in [1.29, 1.82) is 0 Å². The number of hydrogen-bond acceptors (Lipinski definition) is 4. The van der Waals surface area contributed by atoms with E-state index in [1.807, 2.05) is 12.4 Å². The number of rotatable bonds is 6. The first kappa shape index (κ1) is 28.0. The summed E-state index contributed by atoms with van der Waals surface area (Å²) in [4.78, 5) is 9.92. The van der Waals surface area contributed by atoms with E-state index in [9.17, 15) is 10.2 Å². The van der Waals surface area contributed by atoms with Gasteiger partial charge in [0.15, 0.2) is 0 Å². The number of phenols is 2. The molecular weight excluding hydrogens is 444 g/mol. The quantitative estimate of drug-likeness (QED) is 0.408. The van der Waals surface area contributed by atoms with Crippen molar-refractivity contribution in [2.75, 3.05) is 0 Å². The number of phenolic OH excluding ortho intramolecular Hbond substituents is 2. The molecule has 2 atom stereocenters. The Morgan fingerprint density at radius 3 is 1.36 bits per heavy atom. The highest BCUT2D eigenvalue weighted by Crippen LogP contribution is 2.33. The molecule has 2 aromatic carbocycles. The highest BCUT2D eigenvalue weighted by atomic mass is 16.3. The molecule has 0 aliphatic heterocycles. The van der Waals surface area contributed by atoms with Crippen LogP contribution in [0.3, 0.4) is 0 Å². The van der Waals surface area contributed by atoms with Crippen molar-refractivity contribution >= 4 is 12.4 Å². The maximum absolute atomic E-state index is 10.8. The van der Waals surface area contributed by atoms with E-state index >= 15 is 0 Å². The summed E-state index contributed by atoms with van der Waals surface area (Å²) in [5, 5.41) is 21.7. The number of hydrogen-bond donors (Lipinski definition) is 2. The monoisotopic (exact) mass is 490 g/mol. The Kier molecular flexibility index (Phi) is 8.69. The Balaban J connectivity index is 1.91. The van der Waals surface area contributed by atoms with E-state index < -0.39 is 0 Å². The third-order valence-corrected chi connectivity index (χ3v) is 7.43. The minimum atomic E-state index is -0.00118. The zero-order valence-corrected chi connectivity index (χ0v) is 23.7. The lowest BCUT2D eigenvalue weighted by atomic mass is 9.84. The third kappa shape index (κ3) is 6.57. The fraction of sp³-hybridized carbons (Fsp3) is 0.562. The van der Waals surface area contributed by atoms with Gasteiger partial charge < -0.3 is 10.2 Å². The largest absolute Gasteiger partial charge is 0.507 e. The average Bonchev–Trinajstić information content (AvgIpc) is 2.81. The molecule has 0 unspecified atom stereocenters. The number of nitrogens with zero attached hydrogens (tertiary/aromatic N) is 2. The van der Waals surface area contributed by atoms with Crippen molar-refractivity contribution in [1.82, 2.24) is 0 Å². The third-order valence-electron chi connectivity index (χ3n) is 7.43. The van der Waals surface area contributed by atoms with Gasteiger partial charge in [-0.3, -0.25) is 9.98 Å². The molecular formula is C32H46N2O2. The van der Waals surface area contributed by atoms with E-state index in [2.05, 4.69) is 79.7 Å². The van der Waals surface area contributed by atoms with Crippen molar-refractivity contribution < 1.29 is 10.2 Å². The van der Waals surface area contributed by atoms with Gasteiger partial charge >= 0.3 is 0 Å². The number of aryl methyl sites for hydroxylation is 2. The Labute approximate surface area is 218 Å². The SMILES string of the molecule is CCc1cc(C(C)(C)C)cc(C=N[C@@H]2CCCC[C@H]2N=Cc2cc(C(C)(C)C)cc(CC)c2O)c1O. The molecule has 0 heterocycles. The normalized spacial score (nSPS) is 19.4. The van der Waals surface area contributed by atoms with Crippen molar-refractivity contribution in [3.8, 4) is 11.5 Å². The molecule has 1 aliphatic carbocycles. The maximum Gasteiger partial charge on any atom is 0.127 e. The minimum absolute atomic E-state index is 0.00118. The first-order chi connectivity index (χ1) is 16.8. The van der Waals surface area contributed by atoms with Gasteiger partial charge in [0.25, 0.3) is 0 Å². The van der Waals surface area contributed by atoms with Crippen molar-refractivity contribution in [3.05, 3.63) is 57.6 Å². The van der Waals surface area contributed by atoms with Crippen LogP contribution in [0.4, 0.5) is 0 Å². The lowest BCUT2D eigenvalue weighted by Gasteiger charge is -2.26. The topological polar surface area (TPSA) is 65.2 Å². The van der Waals surface area contributed by atoms with Crippen molar-refractivity contribution in [2.24, 2.45) is 9.98 Å². The second-order valence-electron chi connectivity index (χ2n) is 12.3. The van der Waals surface area contributed by atoms with Gasteiger partial charge in [0.05, 0.1) is 12.1 Å². The lowest BCUT2D eigenvalue weighted by Crippen LogP contribution is -2.27. The van der Waals surface area contributed by atoms with E-state index in [0.717, 1.165) is 60.8 Å². The molecule has 0 radical (unpaired) electrons. The molecule has 0 saturated heterocycles. The fourth-order valence-electron chi connectivity index (χ4n) is 4.83. The predicted molar refractivity (Wildman–Crippen MR) is 154 cm³/mol. The molecule has 3 rings (SSSR count). The number of benzene rings is 2. The summed E-state index contributed by atoms with van der Waals surface area (Å²) in [6.45, 7) is 17.3. The molecule has 4 heteroatoms. The summed E-state index contributed by atoms with van der Waals surface area (Å²) in [5.74, 6) is 0.669. The minimum Gasteiger partial charge on any atom is -0.507 e. The van der Waals surface area contributed by atoms with E-state index in [-0.39, 0.29) is 22.9 Å². The summed E-state index contributed by atoms with van der Waals surface area (Å²) in [6.07, 6.45) is 9.50. The standard InChI is InChI=1S/C32H46N2O2/c1-9-21-15-25(31(3,4)5)17-23(29(21)35)19-33-27-13-11-12-14-28(27)34-20-24-18-26(32(6,7)8)16-22(10-2)30(24)36/h15-20,27-28,35-36H,9-14H2,1-8H3/t27-,28-/m1/s1. The first-order valence-corrected chi connectivity index (χ1v) is 13.6. The first-order valence-electron chi connectivity index (χ1n) is 13.6. The molecule has 0 bridgehead atoms. The van der Waals surface area contributed by atoms with Gasteiger partial charge in [0.2, 0.25) is 0 Å². The average molecular weight is 491 g/mol. The summed E-state index contributed by atoms with van der Waals surface area (Å²) >= 11 is 0. The maximum atomic E-state index is 10.8. The van der Waals surface area contributed by atoms with Crippen LogP contribution < -0.4 is 0 Å². The summed E-state index contributed by atoms with van der Waals surface area (Å²) in [5.41, 5.74) is 5.91. The van der Waals surface area contributed by atoms with E-state index in [0.29, 0.717) is 11.5 Å². The number of aromatic hydroxyl groups is 2. The predicted octanol–water partition coefficient (Wildman–Crippen LogP) is 7.67. The Morgan fingerprint density at radius 2 is 1.06 bits per heavy atom. The van der Waals surface area contributed by atoms with Crippen LogP contribution in [0, 0.1) is 0 Å². The zero-order chi connectivity index (χ0) is 26.7. The van der Waals surface area contributed by atoms with Crippen LogP contribution in [-0.2, 0) is 23.7 Å². The fourth-order valence-corrected chi connectivity index (χ4v) is 4.83. The van der Waals surface area contributed by atoms with Gasteiger partial charge in [0, 0.05) is 23.6 Å². The summed E-state index contributed by atoms with van der Waals surface area (Å²) in [7, 11) is 0. The highest BCUT2D eigenvalue weighted by Gasteiger charge is 2.24. The van der Waals surface area contributed by atoms with Gasteiger partial charge in [-0.25, -0.2) is 0 Å². The van der Waals surface area contributed by atoms with Crippen LogP contribution >= 0.6 is 0 Å². The molecule has 0 spiro atoms. The van der Waals surface area contributed by atoms with Crippen molar-refractivity contribution in [2.45, 2.75) is 117 Å². The van der Waals surface area contributed by atoms with Crippen LogP contribution in [0.15, 0.2) is 34.3 Å². The molecule has 1 aliphatic rings. The lowest BCUT2D eigenvalue weighted by molar-refractivity contribution is 0.390. The molecule has 196 valence electrons. The molecule has 1 fully saturated rings. The van der Waals surface area contributed by atoms with E-state index in [1.54, 1.807) is 0 Å². The van der Waals surface area contributed by atoms with Crippen molar-refractivity contribution in [3.63, 3.8) is 0 Å². The summed E-state index contributed by atoms with van der Waals surface area (Å²) in [6, 6.07) is 8.50. The smallest absolute Gasteiger partial charge is 0.127 e. The number of aliphatic imine (C=N–C) groups is 2. The molecule has 1 saturated carbocycles. The Morgan fingerprint density at radius 1 is 0.694 bits per heavy atom. The van der Waals surface area contributed by atoms with Crippen LogP contribution in [0.5, 0.6) is 11.5 Å². The molecule has 0 aromatic heterocycles. The van der Waals surface area contributed by atoms with E-state index in [1.165, 1.54) is 11.1 Å². The summed E-state index contributed by atoms with van der Waals surface area (Å²) < 4.78 is 0. The van der Waals surface area contributed by atoms with Gasteiger partial charge in [-0.1, -0.05) is 80.4 Å². The van der Waals surface area contributed by atoms with Gasteiger partial charge in [-0.05, 0) is 70.9 Å². The van der Waals surface area contributed by atoms with Crippen LogP contribution in [0.25, 0.3) is 0 Å². The molecule has 0 amide bonds. The molecule has 2 aromatic rings. The Hall–Kier alpha value is -2.62. The molecule has 2 N–H and O–H groups in total. The van der Waals surface area contributed by atoms with E-state index in [4.69, 9.17) is 9.98 Å². The molecule has 4 nitrogen and oxygen atoms in total. The van der Waals surface area contributed by atoms with Gasteiger partial charge in [-0.15, -0.1) is 0 Å². The van der Waals surface area contributed by atoms with Crippen LogP contribution in [-0.4, -0.2) is 34.7 Å². The van der Waals surface area contributed by atoms with Crippen LogP contribution in [0.1, 0.15) is 114 Å². The highest BCUT2D eigenvalue weighted by molar-refractivity contribution is 5.86. The Bertz CT molecular complexity index is 1030. The zero-order valence-electron chi connectivity index (χ0n) is 23.7. The second kappa shape index (κ2) is 11.2. The molecule has 36 heavy (non-hydrogen) atoms.